The molecular weight excluding hydrogens is 233 g/mol. The molecule has 18 heavy (non-hydrogen) atoms. The van der Waals surface area contributed by atoms with Crippen LogP contribution in [0.4, 0.5) is 10.1 Å². The van der Waals surface area contributed by atoms with Gasteiger partial charge in [0, 0.05) is 17.9 Å². The maximum absolute atomic E-state index is 12.7. The van der Waals surface area contributed by atoms with Crippen molar-refractivity contribution >= 4 is 11.6 Å². The molecule has 1 N–H and O–H groups in total. The van der Waals surface area contributed by atoms with Crippen molar-refractivity contribution < 1.29 is 9.18 Å². The molecule has 0 aliphatic heterocycles. The van der Waals surface area contributed by atoms with Crippen molar-refractivity contribution in [3.8, 4) is 0 Å². The van der Waals surface area contributed by atoms with E-state index in [1.165, 1.54) is 30.5 Å². The lowest BCUT2D eigenvalue weighted by Crippen LogP contribution is -2.13. The van der Waals surface area contributed by atoms with Gasteiger partial charge in [-0.1, -0.05) is 0 Å². The number of nitrogens with zero attached hydrogens (tertiary/aromatic N) is 2. The molecule has 0 bridgehead atoms. The van der Waals surface area contributed by atoms with Gasteiger partial charge in [-0.3, -0.25) is 9.48 Å². The van der Waals surface area contributed by atoms with Crippen molar-refractivity contribution in [2.45, 2.75) is 20.4 Å². The van der Waals surface area contributed by atoms with Gasteiger partial charge in [-0.2, -0.15) is 5.10 Å². The number of hydrogen-bond acceptors (Lipinski definition) is 2. The average Bonchev–Trinajstić information content (AvgIpc) is 2.73. The molecule has 0 fully saturated rings. The van der Waals surface area contributed by atoms with E-state index in [2.05, 4.69) is 10.4 Å². The number of carbonyl (C=O) groups excluding carboxylic acids is 1. The van der Waals surface area contributed by atoms with Crippen molar-refractivity contribution in [3.63, 3.8) is 0 Å². The second-order valence-electron chi connectivity index (χ2n) is 3.92. The van der Waals surface area contributed by atoms with Crippen LogP contribution in [-0.4, -0.2) is 15.7 Å². The van der Waals surface area contributed by atoms with E-state index in [1.54, 1.807) is 4.68 Å². The van der Waals surface area contributed by atoms with Crippen LogP contribution in [0.25, 0.3) is 0 Å². The number of nitrogens with one attached hydrogen (secondary N) is 1. The Bertz CT molecular complexity index is 560. The number of benzene rings is 1. The van der Waals surface area contributed by atoms with E-state index in [0.717, 1.165) is 12.2 Å². The van der Waals surface area contributed by atoms with E-state index in [9.17, 15) is 9.18 Å². The Morgan fingerprint density at radius 2 is 2.06 bits per heavy atom. The van der Waals surface area contributed by atoms with E-state index in [-0.39, 0.29) is 11.7 Å². The summed E-state index contributed by atoms with van der Waals surface area (Å²) >= 11 is 0. The second kappa shape index (κ2) is 5.00. The molecule has 0 unspecified atom stereocenters. The summed E-state index contributed by atoms with van der Waals surface area (Å²) in [5, 5.41) is 6.81. The van der Waals surface area contributed by atoms with E-state index >= 15 is 0 Å². The summed E-state index contributed by atoms with van der Waals surface area (Å²) in [5.41, 5.74) is 1.91. The third-order valence-electron chi connectivity index (χ3n) is 2.75. The normalized spacial score (nSPS) is 10.4. The van der Waals surface area contributed by atoms with E-state index in [4.69, 9.17) is 0 Å². The minimum absolute atomic E-state index is 0.237. The zero-order valence-electron chi connectivity index (χ0n) is 10.3. The molecule has 2 rings (SSSR count). The number of halogens is 1. The van der Waals surface area contributed by atoms with Crippen LogP contribution in [-0.2, 0) is 6.54 Å². The van der Waals surface area contributed by atoms with Gasteiger partial charge in [0.05, 0.1) is 11.8 Å². The van der Waals surface area contributed by atoms with Gasteiger partial charge in [-0.05, 0) is 38.1 Å². The first-order chi connectivity index (χ1) is 8.61. The fraction of sp³-hybridized carbons (Fsp3) is 0.231. The average molecular weight is 247 g/mol. The monoisotopic (exact) mass is 247 g/mol. The predicted molar refractivity (Wildman–Crippen MR) is 67.0 cm³/mol. The third kappa shape index (κ3) is 2.40. The largest absolute Gasteiger partial charge is 0.322 e. The Labute approximate surface area is 104 Å². The maximum atomic E-state index is 12.7. The van der Waals surface area contributed by atoms with E-state index in [0.29, 0.717) is 11.3 Å². The Morgan fingerprint density at radius 1 is 1.39 bits per heavy atom. The van der Waals surface area contributed by atoms with Crippen LogP contribution in [0.15, 0.2) is 30.5 Å². The molecule has 1 aromatic carbocycles. The van der Waals surface area contributed by atoms with Gasteiger partial charge in [0.25, 0.3) is 5.91 Å². The molecule has 0 aliphatic carbocycles. The first kappa shape index (κ1) is 12.3. The molecule has 2 aromatic rings. The van der Waals surface area contributed by atoms with Crippen LogP contribution in [0.2, 0.25) is 0 Å². The molecule has 0 saturated carbocycles. The Balaban J connectivity index is 2.16. The zero-order valence-corrected chi connectivity index (χ0v) is 10.3. The van der Waals surface area contributed by atoms with E-state index < -0.39 is 0 Å². The van der Waals surface area contributed by atoms with Gasteiger partial charge in [0.1, 0.15) is 5.82 Å². The van der Waals surface area contributed by atoms with Gasteiger partial charge in [-0.25, -0.2) is 4.39 Å². The SMILES string of the molecule is CCn1ncc(C(=O)Nc2ccc(F)cc2)c1C. The molecule has 4 nitrogen and oxygen atoms in total. The lowest BCUT2D eigenvalue weighted by atomic mass is 10.2. The molecule has 1 aromatic heterocycles. The van der Waals surface area contributed by atoms with Crippen molar-refractivity contribution in [2.24, 2.45) is 0 Å². The number of aryl methyl sites for hydroxylation is 1. The summed E-state index contributed by atoms with van der Waals surface area (Å²) in [6.07, 6.45) is 1.54. The minimum atomic E-state index is -0.331. The number of anilines is 1. The Kier molecular flexibility index (Phi) is 3.41. The second-order valence-corrected chi connectivity index (χ2v) is 3.92. The van der Waals surface area contributed by atoms with Gasteiger partial charge < -0.3 is 5.32 Å². The first-order valence-corrected chi connectivity index (χ1v) is 5.71. The van der Waals surface area contributed by atoms with Crippen molar-refractivity contribution in [2.75, 3.05) is 5.32 Å². The molecular formula is C13H14FN3O. The van der Waals surface area contributed by atoms with Crippen molar-refractivity contribution in [1.82, 2.24) is 9.78 Å². The molecule has 1 amide bonds. The number of rotatable bonds is 3. The third-order valence-corrected chi connectivity index (χ3v) is 2.75. The summed E-state index contributed by atoms with van der Waals surface area (Å²) in [6, 6.07) is 5.65. The quantitative estimate of drug-likeness (QED) is 0.906. The maximum Gasteiger partial charge on any atom is 0.259 e. The highest BCUT2D eigenvalue weighted by atomic mass is 19.1. The van der Waals surface area contributed by atoms with Gasteiger partial charge in [0.15, 0.2) is 0 Å². The molecule has 0 radical (unpaired) electrons. The van der Waals surface area contributed by atoms with E-state index in [1.807, 2.05) is 13.8 Å². The molecule has 0 spiro atoms. The highest BCUT2D eigenvalue weighted by Crippen LogP contribution is 2.12. The molecule has 0 atom stereocenters. The van der Waals surface area contributed by atoms with Crippen LogP contribution >= 0.6 is 0 Å². The molecule has 1 heterocycles. The van der Waals surface area contributed by atoms with Crippen LogP contribution in [0.5, 0.6) is 0 Å². The van der Waals surface area contributed by atoms with Crippen LogP contribution in [0.1, 0.15) is 23.0 Å². The van der Waals surface area contributed by atoms with Gasteiger partial charge >= 0.3 is 0 Å². The standard InChI is InChI=1S/C13H14FN3O/c1-3-17-9(2)12(8-15-17)13(18)16-11-6-4-10(14)5-7-11/h4-8H,3H2,1-2H3,(H,16,18). The fourth-order valence-electron chi connectivity index (χ4n) is 1.72. The van der Waals surface area contributed by atoms with Crippen molar-refractivity contribution in [3.05, 3.63) is 47.5 Å². The number of carbonyl (C=O) groups is 1. The summed E-state index contributed by atoms with van der Waals surface area (Å²) < 4.78 is 14.5. The number of amides is 1. The summed E-state index contributed by atoms with van der Waals surface area (Å²) in [6.45, 7) is 4.52. The van der Waals surface area contributed by atoms with Crippen LogP contribution in [0, 0.1) is 12.7 Å². The van der Waals surface area contributed by atoms with Crippen LogP contribution in [0.3, 0.4) is 0 Å². The number of hydrogen-bond donors (Lipinski definition) is 1. The topological polar surface area (TPSA) is 46.9 Å². The lowest BCUT2D eigenvalue weighted by molar-refractivity contribution is 0.102. The molecule has 0 saturated heterocycles. The lowest BCUT2D eigenvalue weighted by Gasteiger charge is -2.05. The van der Waals surface area contributed by atoms with Gasteiger partial charge in [-0.15, -0.1) is 0 Å². The minimum Gasteiger partial charge on any atom is -0.322 e. The predicted octanol–water partition coefficient (Wildman–Crippen LogP) is 2.60. The molecule has 5 heteroatoms. The summed E-state index contributed by atoms with van der Waals surface area (Å²) in [5.74, 6) is -0.568. The first-order valence-electron chi connectivity index (χ1n) is 5.71. The van der Waals surface area contributed by atoms with Crippen molar-refractivity contribution in [1.29, 1.82) is 0 Å². The fourth-order valence-corrected chi connectivity index (χ4v) is 1.72. The highest BCUT2D eigenvalue weighted by Gasteiger charge is 2.13. The summed E-state index contributed by atoms with van der Waals surface area (Å²) in [4.78, 5) is 12.0. The number of aromatic nitrogens is 2. The Hall–Kier alpha value is -2.17. The highest BCUT2D eigenvalue weighted by molar-refractivity contribution is 6.04. The smallest absolute Gasteiger partial charge is 0.259 e. The summed E-state index contributed by atoms with van der Waals surface area (Å²) in [7, 11) is 0. The molecule has 94 valence electrons. The molecule has 0 aliphatic rings. The van der Waals surface area contributed by atoms with Crippen LogP contribution < -0.4 is 5.32 Å². The Morgan fingerprint density at radius 3 is 2.61 bits per heavy atom. The van der Waals surface area contributed by atoms with Gasteiger partial charge in [0.2, 0.25) is 0 Å². The zero-order chi connectivity index (χ0) is 13.1.